The maximum absolute atomic E-state index is 13.8. The molecule has 40 heavy (non-hydrogen) atoms. The number of β-amino-alcohol motifs (C(OH)–C–C–N with tert-alkyl or cyclic N) is 1. The number of hydrogen-bond donors (Lipinski definition) is 5. The molecule has 0 bridgehead atoms. The molecule has 2 aromatic heterocycles. The number of hydrazine groups is 2. The van der Waals surface area contributed by atoms with Crippen LogP contribution < -0.4 is 21.6 Å². The lowest BCUT2D eigenvalue weighted by molar-refractivity contribution is 0.195. The van der Waals surface area contributed by atoms with E-state index in [1.807, 2.05) is 0 Å². The zero-order valence-electron chi connectivity index (χ0n) is 20.3. The second-order valence-corrected chi connectivity index (χ2v) is 10.2. The largest absolute Gasteiger partial charge is 0.394 e. The van der Waals surface area contributed by atoms with Gasteiger partial charge in [-0.25, -0.2) is 9.37 Å². The van der Waals surface area contributed by atoms with E-state index in [-0.39, 0.29) is 27.5 Å². The minimum atomic E-state index is -0.568. The van der Waals surface area contributed by atoms with Gasteiger partial charge in [-0.15, -0.1) is 5.53 Å². The minimum Gasteiger partial charge on any atom is -0.394 e. The Bertz CT molecular complexity index is 1680. The molecule has 0 saturated carbocycles. The third-order valence-electron chi connectivity index (χ3n) is 5.99. The zero-order chi connectivity index (χ0) is 28.4. The molecule has 5 rings (SSSR count). The number of pyridine rings is 2. The van der Waals surface area contributed by atoms with Gasteiger partial charge in [-0.3, -0.25) is 9.99 Å². The average Bonchev–Trinajstić information content (AvgIpc) is 3.39. The van der Waals surface area contributed by atoms with E-state index in [1.54, 1.807) is 35.5 Å². The fourth-order valence-electron chi connectivity index (χ4n) is 4.15. The predicted molar refractivity (Wildman–Crippen MR) is 155 cm³/mol. The van der Waals surface area contributed by atoms with Gasteiger partial charge in [0.2, 0.25) is 0 Å². The summed E-state index contributed by atoms with van der Waals surface area (Å²) >= 11 is 25.2. The number of anilines is 3. The van der Waals surface area contributed by atoms with E-state index in [2.05, 4.69) is 37.6 Å². The Hall–Kier alpha value is -3.56. The highest BCUT2D eigenvalue weighted by atomic mass is 35.5. The molecule has 0 amide bonds. The van der Waals surface area contributed by atoms with Crippen molar-refractivity contribution in [2.75, 3.05) is 23.8 Å². The number of nitrogens with one attached hydrogen (secondary N) is 4. The topological polar surface area (TPSA) is 121 Å². The maximum Gasteiger partial charge on any atom is 0.141 e. The summed E-state index contributed by atoms with van der Waals surface area (Å²) in [5.74, 6) is -0.565. The second-order valence-electron chi connectivity index (χ2n) is 8.60. The third-order valence-corrected chi connectivity index (χ3v) is 7.08. The number of benzene rings is 2. The van der Waals surface area contributed by atoms with Crippen molar-refractivity contribution in [1.82, 2.24) is 25.9 Å². The van der Waals surface area contributed by atoms with E-state index in [0.717, 1.165) is 0 Å². The molecule has 1 aliphatic rings. The van der Waals surface area contributed by atoms with Gasteiger partial charge in [0, 0.05) is 34.7 Å². The number of rotatable bonds is 8. The Morgan fingerprint density at radius 1 is 1.07 bits per heavy atom. The molecule has 9 nitrogen and oxygen atoms in total. The van der Waals surface area contributed by atoms with Gasteiger partial charge >= 0.3 is 0 Å². The SMILES string of the molecule is N#Cc1cnc2c(Cl)cc(N[C@H](C3=CN(CCO)NN3)c3ccc(Cl)nc3Cl)cc2c1Nc1ccc(F)c(Cl)c1. The van der Waals surface area contributed by atoms with Gasteiger partial charge in [0.05, 0.1) is 51.7 Å². The van der Waals surface area contributed by atoms with Crippen molar-refractivity contribution in [3.63, 3.8) is 0 Å². The van der Waals surface area contributed by atoms with Crippen molar-refractivity contribution in [3.05, 3.63) is 97.9 Å². The van der Waals surface area contributed by atoms with E-state index in [9.17, 15) is 14.8 Å². The summed E-state index contributed by atoms with van der Waals surface area (Å²) in [5, 5.41) is 28.6. The number of aromatic nitrogens is 2. The molecule has 204 valence electrons. The number of nitriles is 1. The van der Waals surface area contributed by atoms with E-state index >= 15 is 0 Å². The minimum absolute atomic E-state index is 0.0661. The van der Waals surface area contributed by atoms with Gasteiger partial charge in [-0.2, -0.15) is 5.26 Å². The predicted octanol–water partition coefficient (Wildman–Crippen LogP) is 6.31. The fourth-order valence-corrected chi connectivity index (χ4v) is 5.05. The molecule has 0 spiro atoms. The lowest BCUT2D eigenvalue weighted by Gasteiger charge is -2.23. The molecule has 4 aromatic rings. The van der Waals surface area contributed by atoms with Gasteiger partial charge in [0.25, 0.3) is 0 Å². The monoisotopic (exact) mass is 618 g/mol. The molecule has 5 N–H and O–H groups in total. The molecule has 1 atom stereocenters. The third kappa shape index (κ3) is 5.81. The van der Waals surface area contributed by atoms with Crippen molar-refractivity contribution in [1.29, 1.82) is 5.26 Å². The highest BCUT2D eigenvalue weighted by Crippen LogP contribution is 2.38. The molecule has 0 radical (unpaired) electrons. The second kappa shape index (κ2) is 11.9. The van der Waals surface area contributed by atoms with Crippen LogP contribution in [0.25, 0.3) is 10.9 Å². The molecule has 3 heterocycles. The number of aliphatic hydroxyl groups excluding tert-OH is 1. The Kier molecular flexibility index (Phi) is 8.32. The van der Waals surface area contributed by atoms with Crippen LogP contribution in [-0.4, -0.2) is 33.2 Å². The molecule has 0 fully saturated rings. The summed E-state index contributed by atoms with van der Waals surface area (Å²) in [6, 6.07) is 12.6. The molecule has 1 aliphatic heterocycles. The fraction of sp³-hybridized carbons (Fsp3) is 0.115. The Morgan fingerprint density at radius 2 is 1.88 bits per heavy atom. The van der Waals surface area contributed by atoms with Gasteiger partial charge < -0.3 is 21.2 Å². The van der Waals surface area contributed by atoms with E-state index in [0.29, 0.717) is 50.8 Å². The standard InChI is InChI=1S/C26H19Cl4FN8O/c27-18-8-14(1-3-20(18)31)34-23-13(10-32)11-33-24-17(23)7-15(9-19(24)28)35-25(16-2-4-22(29)36-26(16)30)21-12-39(5-6-40)38-37-21/h1-4,7-9,11-12,25,35,37-38,40H,5-6H2,(H,33,34)/t25-/m0/s1. The molecule has 0 aliphatic carbocycles. The normalized spacial score (nSPS) is 13.5. The van der Waals surface area contributed by atoms with Crippen molar-refractivity contribution in [2.45, 2.75) is 6.04 Å². The first kappa shape index (κ1) is 28.0. The van der Waals surface area contributed by atoms with Crippen molar-refractivity contribution in [2.24, 2.45) is 0 Å². The van der Waals surface area contributed by atoms with Crippen LogP contribution in [0.3, 0.4) is 0 Å². The van der Waals surface area contributed by atoms with Gasteiger partial charge in [-0.1, -0.05) is 52.5 Å². The molecule has 14 heteroatoms. The van der Waals surface area contributed by atoms with Crippen LogP contribution in [0.15, 0.2) is 60.6 Å². The molecule has 2 aromatic carbocycles. The average molecular weight is 620 g/mol. The van der Waals surface area contributed by atoms with Crippen LogP contribution in [0.2, 0.25) is 20.4 Å². The van der Waals surface area contributed by atoms with E-state index in [4.69, 9.17) is 46.4 Å². The van der Waals surface area contributed by atoms with Crippen LogP contribution in [-0.2, 0) is 0 Å². The van der Waals surface area contributed by atoms with Crippen LogP contribution in [0.5, 0.6) is 0 Å². The number of aliphatic hydroxyl groups is 1. The Labute approximate surface area is 248 Å². The summed E-state index contributed by atoms with van der Waals surface area (Å²) < 4.78 is 13.8. The van der Waals surface area contributed by atoms with E-state index in [1.165, 1.54) is 24.4 Å². The number of nitrogens with zero attached hydrogens (tertiary/aromatic N) is 4. The zero-order valence-corrected chi connectivity index (χ0v) is 23.3. The van der Waals surface area contributed by atoms with Crippen molar-refractivity contribution < 1.29 is 9.50 Å². The van der Waals surface area contributed by atoms with Crippen LogP contribution in [0.4, 0.5) is 21.5 Å². The molecule has 0 saturated heterocycles. The smallest absolute Gasteiger partial charge is 0.141 e. The highest BCUT2D eigenvalue weighted by Gasteiger charge is 2.26. The molecule has 0 unspecified atom stereocenters. The quantitative estimate of drug-likeness (QED) is 0.144. The summed E-state index contributed by atoms with van der Waals surface area (Å²) in [7, 11) is 0. The van der Waals surface area contributed by atoms with Crippen LogP contribution >= 0.6 is 46.4 Å². The van der Waals surface area contributed by atoms with Gasteiger partial charge in [0.15, 0.2) is 0 Å². The van der Waals surface area contributed by atoms with Gasteiger partial charge in [0.1, 0.15) is 22.2 Å². The first-order valence-electron chi connectivity index (χ1n) is 11.7. The number of fused-ring (bicyclic) bond motifs is 1. The molecular weight excluding hydrogens is 601 g/mol. The van der Waals surface area contributed by atoms with E-state index < -0.39 is 11.9 Å². The number of hydrogen-bond acceptors (Lipinski definition) is 9. The maximum atomic E-state index is 13.8. The summed E-state index contributed by atoms with van der Waals surface area (Å²) in [4.78, 5) is 8.55. The van der Waals surface area contributed by atoms with Crippen LogP contribution in [0.1, 0.15) is 17.2 Å². The number of halogens is 5. The first-order chi connectivity index (χ1) is 19.3. The molecular formula is C26H19Cl4FN8O. The Morgan fingerprint density at radius 3 is 2.60 bits per heavy atom. The lowest BCUT2D eigenvalue weighted by atomic mass is 10.0. The first-order valence-corrected chi connectivity index (χ1v) is 13.2. The van der Waals surface area contributed by atoms with Gasteiger partial charge in [-0.05, 0) is 36.4 Å². The summed E-state index contributed by atoms with van der Waals surface area (Å²) in [5.41, 5.74) is 9.44. The summed E-state index contributed by atoms with van der Waals surface area (Å²) in [6.45, 7) is 0.270. The van der Waals surface area contributed by atoms with Crippen molar-refractivity contribution >= 4 is 74.4 Å². The lowest BCUT2D eigenvalue weighted by Crippen LogP contribution is -2.38. The van der Waals surface area contributed by atoms with Crippen LogP contribution in [0, 0.1) is 17.1 Å². The highest BCUT2D eigenvalue weighted by molar-refractivity contribution is 6.36. The van der Waals surface area contributed by atoms with Crippen molar-refractivity contribution in [3.8, 4) is 6.07 Å². The summed E-state index contributed by atoms with van der Waals surface area (Å²) in [6.07, 6.45) is 3.19. The Balaban J connectivity index is 1.60.